The molecule has 0 radical (unpaired) electrons. The lowest BCUT2D eigenvalue weighted by Crippen LogP contribution is -2.14. The van der Waals surface area contributed by atoms with E-state index in [9.17, 15) is 4.79 Å². The van der Waals surface area contributed by atoms with Crippen molar-refractivity contribution in [1.82, 2.24) is 20.2 Å². The van der Waals surface area contributed by atoms with E-state index in [-0.39, 0.29) is 11.7 Å². The van der Waals surface area contributed by atoms with Crippen LogP contribution in [0.3, 0.4) is 0 Å². The van der Waals surface area contributed by atoms with Gasteiger partial charge in [0.15, 0.2) is 5.16 Å². The summed E-state index contributed by atoms with van der Waals surface area (Å²) in [5.74, 6) is 0.0169. The number of hydrogen-bond acceptors (Lipinski definition) is 7. The molecule has 1 amide bonds. The molecule has 0 spiro atoms. The molecule has 1 N–H and O–H groups in total. The quantitative estimate of drug-likeness (QED) is 0.378. The highest BCUT2D eigenvalue weighted by Gasteiger charge is 2.11. The molecule has 0 saturated heterocycles. The molecule has 4 rings (SSSR count). The Hall–Kier alpha value is -3.10. The topological polar surface area (TPSA) is 80.7 Å². The maximum absolute atomic E-state index is 12.1. The molecule has 4 aromatic rings. The van der Waals surface area contributed by atoms with Crippen molar-refractivity contribution in [1.29, 1.82) is 0 Å². The van der Waals surface area contributed by atoms with Crippen LogP contribution in [0.4, 0.5) is 5.13 Å². The van der Waals surface area contributed by atoms with Crippen molar-refractivity contribution in [3.05, 3.63) is 72.2 Å². The zero-order chi connectivity index (χ0) is 19.2. The van der Waals surface area contributed by atoms with Gasteiger partial charge in [0.1, 0.15) is 5.51 Å². The summed E-state index contributed by atoms with van der Waals surface area (Å²) in [5.41, 5.74) is 5.22. The largest absolute Gasteiger partial charge is 0.300 e. The van der Waals surface area contributed by atoms with E-state index in [1.54, 1.807) is 5.51 Å². The fourth-order valence-electron chi connectivity index (χ4n) is 2.52. The van der Waals surface area contributed by atoms with E-state index < -0.39 is 0 Å². The van der Waals surface area contributed by atoms with Crippen LogP contribution in [0.1, 0.15) is 0 Å². The van der Waals surface area contributed by atoms with Crippen LogP contribution in [0.5, 0.6) is 0 Å². The maximum Gasteiger partial charge on any atom is 0.236 e. The third kappa shape index (κ3) is 4.59. The Kier molecular flexibility index (Phi) is 5.69. The van der Waals surface area contributed by atoms with Gasteiger partial charge < -0.3 is 0 Å². The summed E-state index contributed by atoms with van der Waals surface area (Å²) in [6, 6.07) is 21.8. The van der Waals surface area contributed by atoms with E-state index in [0.717, 1.165) is 22.5 Å². The van der Waals surface area contributed by atoms with Crippen LogP contribution < -0.4 is 5.32 Å². The molecule has 0 aliphatic rings. The Morgan fingerprint density at radius 2 is 1.54 bits per heavy atom. The number of thioether (sulfide) groups is 1. The van der Waals surface area contributed by atoms with E-state index >= 15 is 0 Å². The molecule has 6 nitrogen and oxygen atoms in total. The molecule has 0 fully saturated rings. The average molecular weight is 406 g/mol. The minimum absolute atomic E-state index is 0.170. The van der Waals surface area contributed by atoms with Gasteiger partial charge in [0.05, 0.1) is 17.1 Å². The minimum atomic E-state index is -0.170. The standard InChI is InChI=1S/C20H15N5OS2/c26-18(24-20-25-21-13-28-20)12-27-19-22-16(14-7-3-1-4-8-14)11-17(23-19)15-9-5-2-6-10-15/h1-11,13H,12H2,(H,24,25,26). The summed E-state index contributed by atoms with van der Waals surface area (Å²) < 4.78 is 0. The third-order valence-corrected chi connectivity index (χ3v) is 5.24. The fourth-order valence-corrected chi connectivity index (χ4v) is 3.64. The monoisotopic (exact) mass is 405 g/mol. The van der Waals surface area contributed by atoms with Gasteiger partial charge in [-0.05, 0) is 6.07 Å². The zero-order valence-electron chi connectivity index (χ0n) is 14.6. The van der Waals surface area contributed by atoms with Crippen molar-refractivity contribution in [2.24, 2.45) is 0 Å². The second-order valence-electron chi connectivity index (χ2n) is 5.73. The van der Waals surface area contributed by atoms with Gasteiger partial charge in [-0.25, -0.2) is 9.97 Å². The molecular weight excluding hydrogens is 390 g/mol. The summed E-state index contributed by atoms with van der Waals surface area (Å²) in [5, 5.41) is 11.3. The smallest absolute Gasteiger partial charge is 0.236 e. The van der Waals surface area contributed by atoms with Crippen LogP contribution in [0.25, 0.3) is 22.5 Å². The van der Waals surface area contributed by atoms with Crippen LogP contribution in [0.15, 0.2) is 77.4 Å². The molecule has 2 aromatic heterocycles. The number of nitrogens with zero attached hydrogens (tertiary/aromatic N) is 4. The fraction of sp³-hybridized carbons (Fsp3) is 0.0500. The van der Waals surface area contributed by atoms with Gasteiger partial charge >= 0.3 is 0 Å². The van der Waals surface area contributed by atoms with Gasteiger partial charge in [0.25, 0.3) is 0 Å². The average Bonchev–Trinajstić information content (AvgIpc) is 3.26. The molecular formula is C20H15N5OS2. The van der Waals surface area contributed by atoms with Gasteiger partial charge in [-0.2, -0.15) is 0 Å². The van der Waals surface area contributed by atoms with Crippen molar-refractivity contribution in [2.75, 3.05) is 11.1 Å². The molecule has 2 heterocycles. The molecule has 138 valence electrons. The van der Waals surface area contributed by atoms with Crippen molar-refractivity contribution in [3.63, 3.8) is 0 Å². The predicted molar refractivity (Wildman–Crippen MR) is 112 cm³/mol. The number of carbonyl (C=O) groups excluding carboxylic acids is 1. The van der Waals surface area contributed by atoms with Crippen LogP contribution in [0.2, 0.25) is 0 Å². The SMILES string of the molecule is O=C(CSc1nc(-c2ccccc2)cc(-c2ccccc2)n1)Nc1nncs1. The second-order valence-corrected chi connectivity index (χ2v) is 7.51. The van der Waals surface area contributed by atoms with E-state index in [2.05, 4.69) is 25.5 Å². The zero-order valence-corrected chi connectivity index (χ0v) is 16.3. The van der Waals surface area contributed by atoms with Gasteiger partial charge in [-0.3, -0.25) is 10.1 Å². The first-order valence-electron chi connectivity index (χ1n) is 8.47. The Labute approximate surface area is 170 Å². The Morgan fingerprint density at radius 3 is 2.07 bits per heavy atom. The summed E-state index contributed by atoms with van der Waals surface area (Å²) in [7, 11) is 0. The molecule has 0 aliphatic carbocycles. The number of nitrogens with one attached hydrogen (secondary N) is 1. The Bertz CT molecular complexity index is 999. The summed E-state index contributed by atoms with van der Waals surface area (Å²) in [6.45, 7) is 0. The van der Waals surface area contributed by atoms with Gasteiger partial charge in [0, 0.05) is 11.1 Å². The van der Waals surface area contributed by atoms with Gasteiger partial charge in [-0.1, -0.05) is 83.8 Å². The molecule has 0 aliphatic heterocycles. The lowest BCUT2D eigenvalue weighted by molar-refractivity contribution is -0.113. The Morgan fingerprint density at radius 1 is 0.929 bits per heavy atom. The lowest BCUT2D eigenvalue weighted by Gasteiger charge is -2.08. The minimum Gasteiger partial charge on any atom is -0.300 e. The number of amides is 1. The van der Waals surface area contributed by atoms with E-state index in [4.69, 9.17) is 0 Å². The lowest BCUT2D eigenvalue weighted by atomic mass is 10.1. The van der Waals surface area contributed by atoms with Crippen molar-refractivity contribution in [2.45, 2.75) is 5.16 Å². The number of anilines is 1. The third-order valence-electron chi connectivity index (χ3n) is 3.78. The number of benzene rings is 2. The second kappa shape index (κ2) is 8.73. The molecule has 0 unspecified atom stereocenters. The maximum atomic E-state index is 12.1. The highest BCUT2D eigenvalue weighted by Crippen LogP contribution is 2.27. The van der Waals surface area contributed by atoms with E-state index in [1.807, 2.05) is 66.7 Å². The highest BCUT2D eigenvalue weighted by atomic mass is 32.2. The van der Waals surface area contributed by atoms with Crippen molar-refractivity contribution < 1.29 is 4.79 Å². The Balaban J connectivity index is 1.59. The molecule has 0 saturated carbocycles. The summed E-state index contributed by atoms with van der Waals surface area (Å²) in [6.07, 6.45) is 0. The summed E-state index contributed by atoms with van der Waals surface area (Å²) >= 11 is 2.57. The van der Waals surface area contributed by atoms with E-state index in [0.29, 0.717) is 10.3 Å². The predicted octanol–water partition coefficient (Wildman–Crippen LogP) is 4.39. The first-order valence-corrected chi connectivity index (χ1v) is 10.3. The molecule has 8 heteroatoms. The number of rotatable bonds is 6. The van der Waals surface area contributed by atoms with Crippen molar-refractivity contribution in [3.8, 4) is 22.5 Å². The van der Waals surface area contributed by atoms with Crippen LogP contribution in [-0.2, 0) is 4.79 Å². The first-order chi connectivity index (χ1) is 13.8. The summed E-state index contributed by atoms with van der Waals surface area (Å²) in [4.78, 5) is 21.4. The number of hydrogen-bond donors (Lipinski definition) is 1. The van der Waals surface area contributed by atoms with Crippen molar-refractivity contribution >= 4 is 34.1 Å². The molecule has 2 aromatic carbocycles. The molecule has 0 atom stereocenters. The van der Waals surface area contributed by atoms with Crippen LogP contribution >= 0.6 is 23.1 Å². The molecule has 0 bridgehead atoms. The van der Waals surface area contributed by atoms with Crippen LogP contribution in [-0.4, -0.2) is 31.8 Å². The highest BCUT2D eigenvalue weighted by molar-refractivity contribution is 7.99. The first kappa shape index (κ1) is 18.3. The number of carbonyl (C=O) groups is 1. The van der Waals surface area contributed by atoms with E-state index in [1.165, 1.54) is 23.1 Å². The van der Waals surface area contributed by atoms with Crippen LogP contribution in [0, 0.1) is 0 Å². The normalized spacial score (nSPS) is 10.6. The molecule has 28 heavy (non-hydrogen) atoms. The van der Waals surface area contributed by atoms with Gasteiger partial charge in [0.2, 0.25) is 11.0 Å². The number of aromatic nitrogens is 4. The van der Waals surface area contributed by atoms with Gasteiger partial charge in [-0.15, -0.1) is 10.2 Å².